The van der Waals surface area contributed by atoms with Gasteiger partial charge >= 0.3 is 5.97 Å². The van der Waals surface area contributed by atoms with Gasteiger partial charge < -0.3 is 15.7 Å². The van der Waals surface area contributed by atoms with Crippen LogP contribution in [0.25, 0.3) is 0 Å². The normalized spacial score (nSPS) is 18.6. The Morgan fingerprint density at radius 1 is 1.47 bits per heavy atom. The fraction of sp³-hybridized carbons (Fsp3) is 0.429. The summed E-state index contributed by atoms with van der Waals surface area (Å²) in [6, 6.07) is 5.27. The standard InChI is InChI=1S/C14H18N2O3/c1-9-2-3-11(7-12(9)15)14(19)16-5-4-10(8-16)6-13(17)18/h2-3,7,10H,4-6,8,15H2,1H3,(H,17,18). The average molecular weight is 262 g/mol. The third-order valence-corrected chi connectivity index (χ3v) is 3.56. The maximum Gasteiger partial charge on any atom is 0.303 e. The first-order chi connectivity index (χ1) is 8.97. The third kappa shape index (κ3) is 3.05. The molecule has 1 heterocycles. The lowest BCUT2D eigenvalue weighted by atomic mass is 10.1. The summed E-state index contributed by atoms with van der Waals surface area (Å²) in [6.07, 6.45) is 0.874. The molecule has 0 bridgehead atoms. The maximum absolute atomic E-state index is 12.3. The molecule has 1 aromatic rings. The van der Waals surface area contributed by atoms with Crippen LogP contribution in [0.5, 0.6) is 0 Å². The van der Waals surface area contributed by atoms with Crippen LogP contribution < -0.4 is 5.73 Å². The molecule has 5 heteroatoms. The zero-order chi connectivity index (χ0) is 14.0. The highest BCUT2D eigenvalue weighted by molar-refractivity contribution is 5.95. The Bertz CT molecular complexity index is 513. The van der Waals surface area contributed by atoms with Crippen molar-refractivity contribution in [2.45, 2.75) is 19.8 Å². The second kappa shape index (κ2) is 5.30. The topological polar surface area (TPSA) is 83.6 Å². The van der Waals surface area contributed by atoms with Crippen molar-refractivity contribution in [3.8, 4) is 0 Å². The van der Waals surface area contributed by atoms with Crippen molar-refractivity contribution in [2.24, 2.45) is 5.92 Å². The van der Waals surface area contributed by atoms with Gasteiger partial charge in [0.2, 0.25) is 0 Å². The number of carbonyl (C=O) groups is 2. The SMILES string of the molecule is Cc1ccc(C(=O)N2CCC(CC(=O)O)C2)cc1N. The van der Waals surface area contributed by atoms with E-state index in [1.807, 2.05) is 13.0 Å². The van der Waals surface area contributed by atoms with E-state index in [0.29, 0.717) is 24.3 Å². The van der Waals surface area contributed by atoms with Gasteiger partial charge in [0.15, 0.2) is 0 Å². The fourth-order valence-electron chi connectivity index (χ4n) is 2.39. The maximum atomic E-state index is 12.3. The van der Waals surface area contributed by atoms with Crippen LogP contribution in [0.15, 0.2) is 18.2 Å². The Morgan fingerprint density at radius 2 is 2.21 bits per heavy atom. The lowest BCUT2D eigenvalue weighted by Crippen LogP contribution is -2.29. The van der Waals surface area contributed by atoms with Crippen LogP contribution in [0.3, 0.4) is 0 Å². The van der Waals surface area contributed by atoms with E-state index in [9.17, 15) is 9.59 Å². The molecule has 102 valence electrons. The fourth-order valence-corrected chi connectivity index (χ4v) is 2.39. The Balaban J connectivity index is 2.04. The summed E-state index contributed by atoms with van der Waals surface area (Å²) in [5, 5.41) is 8.76. The molecule has 5 nitrogen and oxygen atoms in total. The van der Waals surface area contributed by atoms with Crippen LogP contribution >= 0.6 is 0 Å². The van der Waals surface area contributed by atoms with Gasteiger partial charge in [-0.05, 0) is 37.0 Å². The number of hydrogen-bond acceptors (Lipinski definition) is 3. The van der Waals surface area contributed by atoms with Crippen molar-refractivity contribution in [2.75, 3.05) is 18.8 Å². The lowest BCUT2D eigenvalue weighted by molar-refractivity contribution is -0.138. The summed E-state index contributed by atoms with van der Waals surface area (Å²) >= 11 is 0. The number of anilines is 1. The van der Waals surface area contributed by atoms with Crippen molar-refractivity contribution >= 4 is 17.6 Å². The number of carboxylic acid groups (broad SMARTS) is 1. The summed E-state index contributed by atoms with van der Waals surface area (Å²) in [5.41, 5.74) is 7.92. The van der Waals surface area contributed by atoms with Crippen molar-refractivity contribution in [3.05, 3.63) is 29.3 Å². The number of nitrogens with two attached hydrogens (primary N) is 1. The lowest BCUT2D eigenvalue weighted by Gasteiger charge is -2.16. The summed E-state index contributed by atoms with van der Waals surface area (Å²) < 4.78 is 0. The molecule has 1 aliphatic heterocycles. The molecule has 0 saturated carbocycles. The van der Waals surface area contributed by atoms with Gasteiger partial charge in [0, 0.05) is 30.8 Å². The van der Waals surface area contributed by atoms with E-state index in [0.717, 1.165) is 12.0 Å². The van der Waals surface area contributed by atoms with Gasteiger partial charge in [0.25, 0.3) is 5.91 Å². The van der Waals surface area contributed by atoms with Crippen LogP contribution in [0.4, 0.5) is 5.69 Å². The second-order valence-electron chi connectivity index (χ2n) is 5.08. The van der Waals surface area contributed by atoms with Crippen molar-refractivity contribution in [1.82, 2.24) is 4.90 Å². The summed E-state index contributed by atoms with van der Waals surface area (Å²) in [4.78, 5) is 24.6. The van der Waals surface area contributed by atoms with Gasteiger partial charge in [0.1, 0.15) is 0 Å². The van der Waals surface area contributed by atoms with Crippen LogP contribution in [-0.4, -0.2) is 35.0 Å². The summed E-state index contributed by atoms with van der Waals surface area (Å²) in [5.74, 6) is -0.817. The van der Waals surface area contributed by atoms with Crippen LogP contribution in [0, 0.1) is 12.8 Å². The molecule has 0 aromatic heterocycles. The van der Waals surface area contributed by atoms with E-state index < -0.39 is 5.97 Å². The number of nitrogens with zero attached hydrogens (tertiary/aromatic N) is 1. The van der Waals surface area contributed by atoms with E-state index in [2.05, 4.69) is 0 Å². The number of likely N-dealkylation sites (tertiary alicyclic amines) is 1. The number of nitrogen functional groups attached to an aromatic ring is 1. The Kier molecular flexibility index (Phi) is 3.74. The van der Waals surface area contributed by atoms with Gasteiger partial charge in [-0.2, -0.15) is 0 Å². The number of amides is 1. The van der Waals surface area contributed by atoms with Gasteiger partial charge in [-0.25, -0.2) is 0 Å². The molecule has 1 atom stereocenters. The molecule has 19 heavy (non-hydrogen) atoms. The second-order valence-corrected chi connectivity index (χ2v) is 5.08. The first kappa shape index (κ1) is 13.4. The van der Waals surface area contributed by atoms with Crippen LogP contribution in [0.2, 0.25) is 0 Å². The van der Waals surface area contributed by atoms with Gasteiger partial charge in [-0.3, -0.25) is 9.59 Å². The van der Waals surface area contributed by atoms with Crippen LogP contribution in [-0.2, 0) is 4.79 Å². The summed E-state index contributed by atoms with van der Waals surface area (Å²) in [7, 11) is 0. The predicted molar refractivity (Wildman–Crippen MR) is 71.9 cm³/mol. The molecule has 0 aliphatic carbocycles. The number of rotatable bonds is 3. The Morgan fingerprint density at radius 3 is 2.84 bits per heavy atom. The predicted octanol–water partition coefficient (Wildman–Crippen LogP) is 1.51. The first-order valence-electron chi connectivity index (χ1n) is 6.34. The molecule has 0 spiro atoms. The van der Waals surface area contributed by atoms with E-state index in [1.54, 1.807) is 17.0 Å². The zero-order valence-electron chi connectivity index (χ0n) is 10.9. The van der Waals surface area contributed by atoms with Crippen LogP contribution in [0.1, 0.15) is 28.8 Å². The molecule has 3 N–H and O–H groups in total. The molecule has 1 aromatic carbocycles. The number of carbonyl (C=O) groups excluding carboxylic acids is 1. The molecule has 0 radical (unpaired) electrons. The molecular weight excluding hydrogens is 244 g/mol. The molecular formula is C14H18N2O3. The van der Waals surface area contributed by atoms with Gasteiger partial charge in [0.05, 0.1) is 0 Å². The number of benzene rings is 1. The molecule has 1 fully saturated rings. The van der Waals surface area contributed by atoms with Crippen molar-refractivity contribution in [1.29, 1.82) is 0 Å². The highest BCUT2D eigenvalue weighted by Gasteiger charge is 2.28. The minimum Gasteiger partial charge on any atom is -0.481 e. The Hall–Kier alpha value is -2.04. The number of aliphatic carboxylic acids is 1. The molecule has 1 unspecified atom stereocenters. The third-order valence-electron chi connectivity index (χ3n) is 3.56. The quantitative estimate of drug-likeness (QED) is 0.809. The van der Waals surface area contributed by atoms with Gasteiger partial charge in [-0.1, -0.05) is 6.07 Å². The molecule has 1 amide bonds. The zero-order valence-corrected chi connectivity index (χ0v) is 10.9. The number of carboxylic acids is 1. The van der Waals surface area contributed by atoms with E-state index in [1.165, 1.54) is 0 Å². The minimum absolute atomic E-state index is 0.0595. The first-order valence-corrected chi connectivity index (χ1v) is 6.34. The van der Waals surface area contributed by atoms with Crippen molar-refractivity contribution in [3.63, 3.8) is 0 Å². The largest absolute Gasteiger partial charge is 0.481 e. The molecule has 1 aliphatic rings. The van der Waals surface area contributed by atoms with E-state index in [-0.39, 0.29) is 18.2 Å². The van der Waals surface area contributed by atoms with Crippen molar-refractivity contribution < 1.29 is 14.7 Å². The highest BCUT2D eigenvalue weighted by Crippen LogP contribution is 2.22. The monoisotopic (exact) mass is 262 g/mol. The molecule has 2 rings (SSSR count). The Labute approximate surface area is 112 Å². The van der Waals surface area contributed by atoms with E-state index in [4.69, 9.17) is 10.8 Å². The van der Waals surface area contributed by atoms with Gasteiger partial charge in [-0.15, -0.1) is 0 Å². The number of hydrogen-bond donors (Lipinski definition) is 2. The smallest absolute Gasteiger partial charge is 0.303 e. The summed E-state index contributed by atoms with van der Waals surface area (Å²) in [6.45, 7) is 3.02. The minimum atomic E-state index is -0.807. The average Bonchev–Trinajstić information content (AvgIpc) is 2.79. The number of aryl methyl sites for hydroxylation is 1. The molecule has 1 saturated heterocycles. The highest BCUT2D eigenvalue weighted by atomic mass is 16.4. The van der Waals surface area contributed by atoms with E-state index >= 15 is 0 Å².